The molecule has 55 heavy (non-hydrogen) atoms. The molecule has 2 aromatic rings. The van der Waals surface area contributed by atoms with Gasteiger partial charge in [0.15, 0.2) is 11.5 Å². The van der Waals surface area contributed by atoms with Crippen LogP contribution in [-0.2, 0) is 39.9 Å². The van der Waals surface area contributed by atoms with Gasteiger partial charge in [0.05, 0.1) is 40.2 Å². The summed E-state index contributed by atoms with van der Waals surface area (Å²) in [5, 5.41) is 0. The number of amides is 2. The Morgan fingerprint density at radius 3 is 2.45 bits per heavy atom. The first kappa shape index (κ1) is 40.6. The van der Waals surface area contributed by atoms with Crippen molar-refractivity contribution in [1.29, 1.82) is 0 Å². The summed E-state index contributed by atoms with van der Waals surface area (Å²) in [6.45, 7) is 7.03. The number of rotatable bonds is 8. The summed E-state index contributed by atoms with van der Waals surface area (Å²) in [6, 6.07) is 2.09. The predicted molar refractivity (Wildman–Crippen MR) is 195 cm³/mol. The van der Waals surface area contributed by atoms with Gasteiger partial charge in [0.1, 0.15) is 17.5 Å². The van der Waals surface area contributed by atoms with Gasteiger partial charge < -0.3 is 14.4 Å². The van der Waals surface area contributed by atoms with Crippen LogP contribution in [0.25, 0.3) is 11.0 Å². The second-order valence-electron chi connectivity index (χ2n) is 16.9. The molecule has 2 amide bonds. The minimum Gasteiger partial charge on any atom is -0.471 e. The lowest BCUT2D eigenvalue weighted by atomic mass is 9.90. The molecule has 12 nitrogen and oxygen atoms in total. The van der Waals surface area contributed by atoms with Gasteiger partial charge in [-0.05, 0) is 84.3 Å². The number of benzene rings is 1. The van der Waals surface area contributed by atoms with E-state index in [4.69, 9.17) is 9.47 Å². The Kier molecular flexibility index (Phi) is 10.9. The number of alkyl halides is 2. The number of carbonyl (C=O) groups excluding carboxylic acids is 4. The number of esters is 1. The molecule has 1 aromatic carbocycles. The van der Waals surface area contributed by atoms with Crippen molar-refractivity contribution >= 4 is 44.6 Å². The van der Waals surface area contributed by atoms with Gasteiger partial charge in [-0.3, -0.25) is 23.9 Å². The van der Waals surface area contributed by atoms with Gasteiger partial charge in [-0.15, -0.1) is 0 Å². The quantitative estimate of drug-likeness (QED) is 0.246. The number of allylic oxidation sites excluding steroid dienone is 2. The summed E-state index contributed by atoms with van der Waals surface area (Å²) in [6.07, 6.45) is 5.91. The highest BCUT2D eigenvalue weighted by Gasteiger charge is 2.62. The normalized spacial score (nSPS) is 28.0. The zero-order valence-electron chi connectivity index (χ0n) is 31.8. The molecule has 300 valence electrons. The first-order valence-electron chi connectivity index (χ1n) is 18.9. The second kappa shape index (κ2) is 14.8. The van der Waals surface area contributed by atoms with E-state index < -0.39 is 103 Å². The maximum absolute atomic E-state index is 14.9. The van der Waals surface area contributed by atoms with Gasteiger partial charge in [-0.25, -0.2) is 22.8 Å². The molecule has 4 aliphatic rings. The Morgan fingerprint density at radius 2 is 1.78 bits per heavy atom. The number of halogens is 3. The zero-order valence-corrected chi connectivity index (χ0v) is 32.6. The van der Waals surface area contributed by atoms with Crippen molar-refractivity contribution in [2.24, 2.45) is 17.3 Å². The highest BCUT2D eigenvalue weighted by atomic mass is 32.2. The number of hydrogen-bond donors (Lipinski definition) is 1. The number of ether oxygens (including phenoxy) is 2. The molecule has 6 rings (SSSR count). The molecule has 1 aromatic heterocycles. The average Bonchev–Trinajstić information content (AvgIpc) is 3.95. The van der Waals surface area contributed by atoms with E-state index in [2.05, 4.69) is 14.7 Å². The fourth-order valence-electron chi connectivity index (χ4n) is 7.54. The van der Waals surface area contributed by atoms with Crippen LogP contribution in [0, 0.1) is 23.1 Å². The Balaban J connectivity index is 1.34. The molecule has 3 heterocycles. The summed E-state index contributed by atoms with van der Waals surface area (Å²) in [7, 11) is -4.03. The molecule has 1 saturated heterocycles. The maximum atomic E-state index is 14.9. The number of ketones is 1. The van der Waals surface area contributed by atoms with E-state index in [9.17, 15) is 40.8 Å². The fourth-order valence-corrected chi connectivity index (χ4v) is 8.87. The molecule has 3 fully saturated rings. The minimum atomic E-state index is -4.03. The number of sulfonamides is 1. The van der Waals surface area contributed by atoms with Gasteiger partial charge in [-0.2, -0.15) is 8.78 Å². The number of Topliss-reactive ketones (excluding diaryl/α,β-unsaturated/α-hetero) is 1. The molecule has 0 unspecified atom stereocenters. The van der Waals surface area contributed by atoms with Gasteiger partial charge >= 0.3 is 5.97 Å². The third kappa shape index (κ3) is 8.99. The summed E-state index contributed by atoms with van der Waals surface area (Å²) in [5.74, 6) is -8.58. The van der Waals surface area contributed by atoms with Gasteiger partial charge in [0.25, 0.3) is 5.92 Å². The van der Waals surface area contributed by atoms with Crippen LogP contribution in [-0.4, -0.2) is 75.9 Å². The molecule has 0 bridgehead atoms. The zero-order chi connectivity index (χ0) is 40.1. The predicted octanol–water partition coefficient (Wildman–Crippen LogP) is 6.06. The lowest BCUT2D eigenvalue weighted by Crippen LogP contribution is -2.47. The summed E-state index contributed by atoms with van der Waals surface area (Å²) in [5.41, 5.74) is -3.06. The van der Waals surface area contributed by atoms with E-state index >= 15 is 0 Å². The molecule has 2 saturated carbocycles. The van der Waals surface area contributed by atoms with Crippen LogP contribution < -0.4 is 9.46 Å². The first-order valence-corrected chi connectivity index (χ1v) is 20.4. The van der Waals surface area contributed by atoms with Crippen molar-refractivity contribution < 1.29 is 50.2 Å². The Labute approximate surface area is 319 Å². The highest BCUT2D eigenvalue weighted by molar-refractivity contribution is 7.91. The molecule has 0 spiro atoms. The van der Waals surface area contributed by atoms with Crippen molar-refractivity contribution in [1.82, 2.24) is 19.6 Å². The number of aromatic nitrogens is 2. The summed E-state index contributed by atoms with van der Waals surface area (Å²) in [4.78, 5) is 65.4. The number of nitrogens with one attached hydrogen (secondary N) is 1. The molecule has 2 aliphatic carbocycles. The molecule has 5 atom stereocenters. The van der Waals surface area contributed by atoms with Gasteiger partial charge in [0.2, 0.25) is 27.7 Å². The smallest absolute Gasteiger partial charge is 0.307 e. The molecule has 16 heteroatoms. The number of hydrogen-bond acceptors (Lipinski definition) is 10. The molecule has 0 radical (unpaired) electrons. The van der Waals surface area contributed by atoms with E-state index in [0.29, 0.717) is 39.0 Å². The third-order valence-electron chi connectivity index (χ3n) is 11.1. The largest absolute Gasteiger partial charge is 0.471 e. The highest BCUT2D eigenvalue weighted by Crippen LogP contribution is 2.57. The fraction of sp³-hybridized carbons (Fsp3) is 0.641. The molecular weight excluding hydrogens is 742 g/mol. The van der Waals surface area contributed by atoms with E-state index in [0.717, 1.165) is 25.0 Å². The van der Waals surface area contributed by atoms with Crippen LogP contribution in [0.1, 0.15) is 111 Å². The van der Waals surface area contributed by atoms with Crippen molar-refractivity contribution in [3.8, 4) is 5.88 Å². The van der Waals surface area contributed by atoms with Crippen LogP contribution in [0.15, 0.2) is 30.4 Å². The summed E-state index contributed by atoms with van der Waals surface area (Å²) >= 11 is 0. The van der Waals surface area contributed by atoms with Crippen LogP contribution in [0.4, 0.5) is 13.2 Å². The Morgan fingerprint density at radius 1 is 1.05 bits per heavy atom. The Bertz CT molecular complexity index is 2010. The Hall–Kier alpha value is -4.08. The topological polar surface area (TPSA) is 162 Å². The first-order chi connectivity index (χ1) is 25.6. The number of nitrogens with zero attached hydrogens (tertiary/aromatic N) is 3. The van der Waals surface area contributed by atoms with Gasteiger partial charge in [0, 0.05) is 31.7 Å². The van der Waals surface area contributed by atoms with Gasteiger partial charge in [-0.1, -0.05) is 25.0 Å². The second-order valence-corrected chi connectivity index (χ2v) is 19.1. The van der Waals surface area contributed by atoms with Crippen LogP contribution >= 0.6 is 0 Å². The lowest BCUT2D eigenvalue weighted by Gasteiger charge is -2.29. The minimum absolute atomic E-state index is 0.00834. The van der Waals surface area contributed by atoms with Crippen molar-refractivity contribution in [3.63, 3.8) is 0 Å². The van der Waals surface area contributed by atoms with Crippen LogP contribution in [0.5, 0.6) is 5.88 Å². The third-order valence-corrected chi connectivity index (χ3v) is 13.2. The van der Waals surface area contributed by atoms with E-state index in [1.54, 1.807) is 27.7 Å². The standard InChI is InChI=1S/C39H49F3N4O8S/c1-36(2,3)54-31(48)17-23-11-9-7-6-8-10-12-24-20-39(24,35(50)45-55(51,52)37(4)15-16-37)21-30(47)29-19-26(22-46(29)34(23)49)53-33-32(38(5,41)42)43-27-14-13-25(40)18-28(27)44-33/h10,12-14,18,23-24,26,29H,6-9,11,15-17,19-22H2,1-5H3,(H,45,50)/b12-10-/t23-,24-,26-,29+,39-/m1/s1. The molecular formula is C39H49F3N4O8S. The van der Waals surface area contributed by atoms with Crippen molar-refractivity contribution in [2.75, 3.05) is 6.54 Å². The number of fused-ring (bicyclic) bond motifs is 3. The van der Waals surface area contributed by atoms with Crippen molar-refractivity contribution in [2.45, 2.75) is 134 Å². The van der Waals surface area contributed by atoms with E-state index in [-0.39, 0.29) is 36.8 Å². The van der Waals surface area contributed by atoms with Crippen molar-refractivity contribution in [3.05, 3.63) is 41.9 Å². The maximum Gasteiger partial charge on any atom is 0.307 e. The SMILES string of the molecule is CC(C)(C)OC(=O)C[C@H]1CCCCC/C=C\[C@@H]2C[C@@]2(C(=O)NS(=O)(=O)C2(C)CC2)CC(=O)[C@@H]2C[C@@H](Oc3nc4cc(F)ccc4nc3C(C)(F)F)CN2C1=O. The van der Waals surface area contributed by atoms with E-state index in [1.165, 1.54) is 11.0 Å². The monoisotopic (exact) mass is 790 g/mol. The van der Waals surface area contributed by atoms with Crippen LogP contribution in [0.2, 0.25) is 0 Å². The molecule has 1 N–H and O–H groups in total. The molecule has 2 aliphatic heterocycles. The summed E-state index contributed by atoms with van der Waals surface area (Å²) < 4.78 is 83.0. The van der Waals surface area contributed by atoms with E-state index in [1.807, 2.05) is 12.2 Å². The average molecular weight is 791 g/mol. The lowest BCUT2D eigenvalue weighted by molar-refractivity contribution is -0.159. The van der Waals surface area contributed by atoms with Crippen LogP contribution in [0.3, 0.4) is 0 Å². The number of carbonyl (C=O) groups is 4.